The number of hydrogen-bond donors (Lipinski definition) is 2. The van der Waals surface area contributed by atoms with Gasteiger partial charge >= 0.3 is 0 Å². The molecule has 0 unspecified atom stereocenters. The molecule has 1 atom stereocenters. The first-order valence-electron chi connectivity index (χ1n) is 6.00. The largest absolute Gasteiger partial charge is 0.356 e. The van der Waals surface area contributed by atoms with Crippen molar-refractivity contribution in [3.05, 3.63) is 23.7 Å². The van der Waals surface area contributed by atoms with Gasteiger partial charge in [0.05, 0.1) is 5.56 Å². The van der Waals surface area contributed by atoms with Crippen LogP contribution in [-0.2, 0) is 0 Å². The third-order valence-electron chi connectivity index (χ3n) is 3.15. The van der Waals surface area contributed by atoms with Gasteiger partial charge in [0.25, 0.3) is 5.89 Å². The van der Waals surface area contributed by atoms with Crippen LogP contribution in [0.25, 0.3) is 11.6 Å². The normalized spacial score (nSPS) is 18.6. The SMILES string of the molecule is Cl.N#Cc1c[nH]c(-c2nc([C@H]3CCCNC3)no2)c1. The highest BCUT2D eigenvalue weighted by Crippen LogP contribution is 2.23. The molecule has 1 saturated heterocycles. The Morgan fingerprint density at radius 2 is 2.37 bits per heavy atom. The highest BCUT2D eigenvalue weighted by molar-refractivity contribution is 5.85. The molecule has 2 aromatic heterocycles. The maximum absolute atomic E-state index is 8.76. The van der Waals surface area contributed by atoms with Crippen LogP contribution in [0.1, 0.15) is 30.1 Å². The van der Waals surface area contributed by atoms with Gasteiger partial charge in [-0.15, -0.1) is 12.4 Å². The predicted octanol–water partition coefficient (Wildman–Crippen LogP) is 1.83. The van der Waals surface area contributed by atoms with E-state index >= 15 is 0 Å². The van der Waals surface area contributed by atoms with Crippen molar-refractivity contribution in [1.82, 2.24) is 20.4 Å². The number of piperidine rings is 1. The van der Waals surface area contributed by atoms with Gasteiger partial charge in [-0.05, 0) is 25.5 Å². The van der Waals surface area contributed by atoms with E-state index in [1.807, 2.05) is 0 Å². The first-order valence-corrected chi connectivity index (χ1v) is 6.00. The molecule has 2 aromatic rings. The molecule has 100 valence electrons. The second-order valence-electron chi connectivity index (χ2n) is 4.41. The number of hydrogen-bond acceptors (Lipinski definition) is 5. The molecule has 1 aliphatic rings. The molecule has 1 fully saturated rings. The average molecular weight is 280 g/mol. The topological polar surface area (TPSA) is 90.5 Å². The molecular weight excluding hydrogens is 266 g/mol. The Kier molecular flexibility index (Phi) is 4.20. The van der Waals surface area contributed by atoms with Crippen LogP contribution < -0.4 is 5.32 Å². The molecule has 2 N–H and O–H groups in total. The van der Waals surface area contributed by atoms with Crippen LogP contribution in [0.15, 0.2) is 16.8 Å². The average Bonchev–Trinajstić information content (AvgIpc) is 3.08. The highest BCUT2D eigenvalue weighted by atomic mass is 35.5. The summed E-state index contributed by atoms with van der Waals surface area (Å²) in [7, 11) is 0. The minimum absolute atomic E-state index is 0. The molecule has 0 saturated carbocycles. The molecule has 6 nitrogen and oxygen atoms in total. The van der Waals surface area contributed by atoms with Gasteiger partial charge in [-0.2, -0.15) is 10.2 Å². The Morgan fingerprint density at radius 1 is 1.47 bits per heavy atom. The number of nitrogens with zero attached hydrogens (tertiary/aromatic N) is 3. The standard InChI is InChI=1S/C12H13N5O.ClH/c13-5-8-4-10(15-6-8)12-16-11(17-18-12)9-2-1-3-14-7-9;/h4,6,9,14-15H,1-3,7H2;1H/t9-;/m0./s1. The lowest BCUT2D eigenvalue weighted by Crippen LogP contribution is -2.28. The Balaban J connectivity index is 0.00000133. The first-order chi connectivity index (χ1) is 8.86. The number of rotatable bonds is 2. The fraction of sp³-hybridized carbons (Fsp3) is 0.417. The summed E-state index contributed by atoms with van der Waals surface area (Å²) >= 11 is 0. The summed E-state index contributed by atoms with van der Waals surface area (Å²) < 4.78 is 5.23. The second kappa shape index (κ2) is 5.87. The van der Waals surface area contributed by atoms with E-state index in [0.29, 0.717) is 23.1 Å². The maximum Gasteiger partial charge on any atom is 0.274 e. The molecule has 3 heterocycles. The summed E-state index contributed by atoms with van der Waals surface area (Å²) in [5.74, 6) is 1.50. The van der Waals surface area contributed by atoms with Gasteiger partial charge in [0, 0.05) is 18.7 Å². The molecule has 7 heteroatoms. The Hall–Kier alpha value is -1.84. The summed E-state index contributed by atoms with van der Waals surface area (Å²) in [5.41, 5.74) is 1.25. The third kappa shape index (κ3) is 2.78. The zero-order chi connectivity index (χ0) is 12.4. The van der Waals surface area contributed by atoms with E-state index in [4.69, 9.17) is 9.78 Å². The summed E-state index contributed by atoms with van der Waals surface area (Å²) in [4.78, 5) is 7.35. The summed E-state index contributed by atoms with van der Waals surface area (Å²) in [6.07, 6.45) is 3.84. The van der Waals surface area contributed by atoms with Crippen molar-refractivity contribution in [2.24, 2.45) is 0 Å². The molecule has 0 aromatic carbocycles. The second-order valence-corrected chi connectivity index (χ2v) is 4.41. The van der Waals surface area contributed by atoms with Crippen molar-refractivity contribution in [2.45, 2.75) is 18.8 Å². The summed E-state index contributed by atoms with van der Waals surface area (Å²) in [5, 5.41) is 16.1. The first kappa shape index (κ1) is 13.6. The van der Waals surface area contributed by atoms with Crippen LogP contribution in [0.3, 0.4) is 0 Å². The number of aromatic nitrogens is 3. The lowest BCUT2D eigenvalue weighted by molar-refractivity contribution is 0.392. The van der Waals surface area contributed by atoms with Gasteiger partial charge in [0.15, 0.2) is 5.82 Å². The van der Waals surface area contributed by atoms with E-state index in [2.05, 4.69) is 26.5 Å². The molecule has 0 bridgehead atoms. The van der Waals surface area contributed by atoms with Crippen molar-refractivity contribution in [3.8, 4) is 17.7 Å². The van der Waals surface area contributed by atoms with Gasteiger partial charge in [-0.3, -0.25) is 0 Å². The number of aromatic amines is 1. The van der Waals surface area contributed by atoms with Crippen LogP contribution in [0.5, 0.6) is 0 Å². The quantitative estimate of drug-likeness (QED) is 0.875. The van der Waals surface area contributed by atoms with Crippen molar-refractivity contribution in [3.63, 3.8) is 0 Å². The van der Waals surface area contributed by atoms with Crippen molar-refractivity contribution >= 4 is 12.4 Å². The van der Waals surface area contributed by atoms with E-state index in [0.717, 1.165) is 31.8 Å². The molecule has 0 amide bonds. The van der Waals surface area contributed by atoms with Crippen molar-refractivity contribution in [1.29, 1.82) is 5.26 Å². The fourth-order valence-corrected chi connectivity index (χ4v) is 2.16. The minimum atomic E-state index is 0. The Bertz CT molecular complexity index is 579. The smallest absolute Gasteiger partial charge is 0.274 e. The summed E-state index contributed by atoms with van der Waals surface area (Å²) in [6.45, 7) is 1.95. The van der Waals surface area contributed by atoms with Gasteiger partial charge in [0.1, 0.15) is 11.8 Å². The lowest BCUT2D eigenvalue weighted by Gasteiger charge is -2.19. The lowest BCUT2D eigenvalue weighted by atomic mass is 9.99. The van der Waals surface area contributed by atoms with Crippen molar-refractivity contribution in [2.75, 3.05) is 13.1 Å². The van der Waals surface area contributed by atoms with Crippen LogP contribution in [0, 0.1) is 11.3 Å². The number of halogens is 1. The van der Waals surface area contributed by atoms with Gasteiger partial charge < -0.3 is 14.8 Å². The third-order valence-corrected chi connectivity index (χ3v) is 3.15. The van der Waals surface area contributed by atoms with Gasteiger partial charge in [-0.25, -0.2) is 0 Å². The highest BCUT2D eigenvalue weighted by Gasteiger charge is 2.21. The van der Waals surface area contributed by atoms with Gasteiger partial charge in [-0.1, -0.05) is 5.16 Å². The molecule has 0 aliphatic carbocycles. The zero-order valence-electron chi connectivity index (χ0n) is 10.2. The van der Waals surface area contributed by atoms with E-state index < -0.39 is 0 Å². The van der Waals surface area contributed by atoms with E-state index in [9.17, 15) is 0 Å². The zero-order valence-corrected chi connectivity index (χ0v) is 11.0. The van der Waals surface area contributed by atoms with E-state index in [1.54, 1.807) is 12.3 Å². The molecule has 0 radical (unpaired) electrons. The van der Waals surface area contributed by atoms with Crippen molar-refractivity contribution < 1.29 is 4.52 Å². The number of nitrogens with one attached hydrogen (secondary N) is 2. The molecule has 19 heavy (non-hydrogen) atoms. The minimum Gasteiger partial charge on any atom is -0.356 e. The monoisotopic (exact) mass is 279 g/mol. The molecular formula is C12H14ClN5O. The maximum atomic E-state index is 8.76. The van der Waals surface area contributed by atoms with E-state index in [-0.39, 0.29) is 12.4 Å². The molecule has 1 aliphatic heterocycles. The Labute approximate surface area is 116 Å². The van der Waals surface area contributed by atoms with E-state index in [1.165, 1.54) is 0 Å². The molecule has 0 spiro atoms. The van der Waals surface area contributed by atoms with Gasteiger partial charge in [0.2, 0.25) is 0 Å². The van der Waals surface area contributed by atoms with Crippen LogP contribution in [-0.4, -0.2) is 28.2 Å². The predicted molar refractivity (Wildman–Crippen MR) is 70.9 cm³/mol. The van der Waals surface area contributed by atoms with Crippen LogP contribution >= 0.6 is 12.4 Å². The fourth-order valence-electron chi connectivity index (χ4n) is 2.16. The summed E-state index contributed by atoms with van der Waals surface area (Å²) in [6, 6.07) is 3.76. The molecule has 3 rings (SSSR count). The van der Waals surface area contributed by atoms with Crippen LogP contribution in [0.2, 0.25) is 0 Å². The number of nitriles is 1. The Morgan fingerprint density at radius 3 is 3.05 bits per heavy atom. The van der Waals surface area contributed by atoms with Crippen LogP contribution in [0.4, 0.5) is 0 Å². The number of H-pyrrole nitrogens is 1.